The Balaban J connectivity index is 1.54. The molecule has 41 heavy (non-hydrogen) atoms. The number of likely N-dealkylation sites (N-methyl/N-ethyl adjacent to an activating group) is 1. The molecule has 11 nitrogen and oxygen atoms in total. The molecule has 4 atom stereocenters. The van der Waals surface area contributed by atoms with E-state index in [1.807, 2.05) is 30.3 Å². The summed E-state index contributed by atoms with van der Waals surface area (Å²) in [5.74, 6) is -2.27. The van der Waals surface area contributed by atoms with Crippen molar-refractivity contribution in [1.29, 1.82) is 0 Å². The highest BCUT2D eigenvalue weighted by Crippen LogP contribution is 2.37. The zero-order valence-corrected chi connectivity index (χ0v) is 23.9. The summed E-state index contributed by atoms with van der Waals surface area (Å²) < 4.78 is 1.28. The Morgan fingerprint density at radius 2 is 1.83 bits per heavy atom. The molecular weight excluding hydrogens is 546 g/mol. The number of amides is 4. The number of rotatable bonds is 13. The highest BCUT2D eigenvalue weighted by Gasteiger charge is 2.45. The number of aryl methyl sites for hydroxylation is 1. The van der Waals surface area contributed by atoms with Crippen LogP contribution in [0, 0.1) is 11.8 Å². The minimum atomic E-state index is -2.31. The second-order valence-electron chi connectivity index (χ2n) is 10.7. The number of nitrogens with zero attached hydrogens (tertiary/aromatic N) is 1. The fraction of sp³-hybridized carbons (Fsp3) is 0.483. The summed E-state index contributed by atoms with van der Waals surface area (Å²) in [5.41, 5.74) is 0.509. The summed E-state index contributed by atoms with van der Waals surface area (Å²) >= 11 is 4.17. The molecular formula is C29H37N5O6S. The predicted molar refractivity (Wildman–Crippen MR) is 156 cm³/mol. The Labute approximate surface area is 243 Å². The second kappa shape index (κ2) is 13.3. The van der Waals surface area contributed by atoms with E-state index in [0.717, 1.165) is 18.4 Å². The van der Waals surface area contributed by atoms with Crippen molar-refractivity contribution in [3.63, 3.8) is 0 Å². The Morgan fingerprint density at radius 3 is 2.46 bits per heavy atom. The fourth-order valence-corrected chi connectivity index (χ4v) is 5.35. The van der Waals surface area contributed by atoms with Crippen molar-refractivity contribution >= 4 is 41.9 Å². The van der Waals surface area contributed by atoms with E-state index in [1.165, 1.54) is 23.9 Å². The van der Waals surface area contributed by atoms with E-state index in [9.17, 15) is 29.1 Å². The molecule has 4 amide bonds. The Morgan fingerprint density at radius 1 is 1.10 bits per heavy atom. The Bertz CT molecular complexity index is 1330. The number of carbonyl (C=O) groups is 4. The zero-order valence-electron chi connectivity index (χ0n) is 23.0. The summed E-state index contributed by atoms with van der Waals surface area (Å²) in [5, 5.41) is 21.5. The normalized spacial score (nSPS) is 19.4. The molecule has 1 aromatic carbocycles. The minimum absolute atomic E-state index is 0.0203. The van der Waals surface area contributed by atoms with Crippen molar-refractivity contribution < 1.29 is 24.3 Å². The number of nitrogens with one attached hydrogen (secondary N) is 4. The van der Waals surface area contributed by atoms with E-state index in [1.54, 1.807) is 6.07 Å². The molecule has 0 unspecified atom stereocenters. The molecule has 4 rings (SSSR count). The van der Waals surface area contributed by atoms with Crippen LogP contribution in [0.5, 0.6) is 0 Å². The number of hydrogen-bond donors (Lipinski definition) is 6. The van der Waals surface area contributed by atoms with Crippen LogP contribution in [0.15, 0.2) is 53.5 Å². The molecule has 0 radical (unpaired) electrons. The van der Waals surface area contributed by atoms with E-state index in [4.69, 9.17) is 0 Å². The molecule has 2 heterocycles. The van der Waals surface area contributed by atoms with Crippen molar-refractivity contribution in [3.05, 3.63) is 64.6 Å². The molecule has 2 aromatic rings. The van der Waals surface area contributed by atoms with E-state index < -0.39 is 40.3 Å². The lowest BCUT2D eigenvalue weighted by molar-refractivity contribution is -0.136. The summed E-state index contributed by atoms with van der Waals surface area (Å²) in [7, 11) is 1.33. The molecule has 2 aliphatic rings. The first kappa shape index (κ1) is 30.3. The maximum atomic E-state index is 13.7. The van der Waals surface area contributed by atoms with Crippen molar-refractivity contribution in [2.24, 2.45) is 11.8 Å². The van der Waals surface area contributed by atoms with Gasteiger partial charge in [0.15, 0.2) is 0 Å². The van der Waals surface area contributed by atoms with Gasteiger partial charge in [0.1, 0.15) is 11.7 Å². The summed E-state index contributed by atoms with van der Waals surface area (Å²) in [4.78, 5) is 62.3. The number of carbonyl (C=O) groups excluding carboxylic acids is 4. The van der Waals surface area contributed by atoms with Crippen molar-refractivity contribution in [2.75, 3.05) is 18.9 Å². The maximum absolute atomic E-state index is 13.7. The van der Waals surface area contributed by atoms with Crippen LogP contribution in [0.4, 0.5) is 5.69 Å². The summed E-state index contributed by atoms with van der Waals surface area (Å²) in [6, 6.07) is 10.4. The van der Waals surface area contributed by atoms with Gasteiger partial charge in [0.2, 0.25) is 22.7 Å². The van der Waals surface area contributed by atoms with Gasteiger partial charge in [-0.05, 0) is 49.3 Å². The van der Waals surface area contributed by atoms with Gasteiger partial charge in [0, 0.05) is 32.1 Å². The van der Waals surface area contributed by atoms with Gasteiger partial charge < -0.3 is 30.9 Å². The molecule has 5 N–H and O–H groups in total. The Hall–Kier alpha value is -3.64. The maximum Gasteiger partial charge on any atom is 0.275 e. The number of thiol groups is 1. The highest BCUT2D eigenvalue weighted by molar-refractivity contribution is 7.82. The van der Waals surface area contributed by atoms with E-state index in [2.05, 4.69) is 33.9 Å². The third kappa shape index (κ3) is 7.76. The summed E-state index contributed by atoms with van der Waals surface area (Å²) in [6.45, 7) is 0.457. The van der Waals surface area contributed by atoms with Crippen LogP contribution in [0.1, 0.15) is 50.1 Å². The van der Waals surface area contributed by atoms with Gasteiger partial charge in [0.25, 0.3) is 11.5 Å². The second-order valence-corrected chi connectivity index (χ2v) is 11.4. The molecule has 0 spiro atoms. The largest absolute Gasteiger partial charge is 0.369 e. The Kier molecular flexibility index (Phi) is 9.87. The number of aliphatic hydroxyl groups is 1. The molecule has 1 aromatic heterocycles. The van der Waals surface area contributed by atoms with Gasteiger partial charge in [-0.1, -0.05) is 43.2 Å². The lowest BCUT2D eigenvalue weighted by Gasteiger charge is -2.33. The van der Waals surface area contributed by atoms with Crippen LogP contribution < -0.4 is 26.8 Å². The van der Waals surface area contributed by atoms with Crippen LogP contribution in [0.2, 0.25) is 0 Å². The summed E-state index contributed by atoms with van der Waals surface area (Å²) in [6.07, 6.45) is 4.83. The van der Waals surface area contributed by atoms with Crippen molar-refractivity contribution in [2.45, 2.75) is 62.0 Å². The first-order chi connectivity index (χ1) is 19.6. The lowest BCUT2D eigenvalue weighted by Crippen LogP contribution is -2.59. The van der Waals surface area contributed by atoms with E-state index >= 15 is 0 Å². The lowest BCUT2D eigenvalue weighted by atomic mass is 9.93. The molecule has 1 aliphatic carbocycles. The monoisotopic (exact) mass is 583 g/mol. The number of anilines is 1. The van der Waals surface area contributed by atoms with Crippen LogP contribution >= 0.6 is 12.6 Å². The smallest absolute Gasteiger partial charge is 0.275 e. The van der Waals surface area contributed by atoms with Gasteiger partial charge in [-0.25, -0.2) is 0 Å². The SMILES string of the molecule is CNC(=O)[C@@](O)(S)[C@H](C[C@@H]1CCNC1=O)NC(=O)[C@H](CC1CC1)n1cccc(NC(=O)CCc2ccccc2)c1=O. The van der Waals surface area contributed by atoms with Crippen LogP contribution in [-0.4, -0.2) is 57.9 Å². The van der Waals surface area contributed by atoms with Gasteiger partial charge in [-0.15, -0.1) is 12.6 Å². The van der Waals surface area contributed by atoms with Gasteiger partial charge >= 0.3 is 0 Å². The molecule has 1 aliphatic heterocycles. The average molecular weight is 584 g/mol. The standard InChI is InChI=1S/C29H37N5O6S/c1-30-28(39)29(40,41)23(17-20-13-14-31-25(20)36)33-26(37)22(16-19-9-10-19)34-15-5-8-21(27(34)38)32-24(35)12-11-18-6-3-2-4-7-18/h2-8,15,19-20,22-23,40-41H,9-14,16-17H2,1H3,(H,30,39)(H,31,36)(H,32,35)(H,33,37)/t20-,22-,23-,29-/m0/s1. The minimum Gasteiger partial charge on any atom is -0.369 e. The fourth-order valence-electron chi connectivity index (χ4n) is 5.07. The quantitative estimate of drug-likeness (QED) is 0.153. The molecule has 220 valence electrons. The van der Waals surface area contributed by atoms with Gasteiger partial charge in [-0.3, -0.25) is 24.0 Å². The number of pyridine rings is 1. The first-order valence-electron chi connectivity index (χ1n) is 13.9. The molecule has 12 heteroatoms. The average Bonchev–Trinajstić information content (AvgIpc) is 3.70. The molecule has 1 saturated carbocycles. The number of hydrogen-bond acceptors (Lipinski definition) is 7. The highest BCUT2D eigenvalue weighted by atomic mass is 32.1. The van der Waals surface area contributed by atoms with Crippen molar-refractivity contribution in [3.8, 4) is 0 Å². The van der Waals surface area contributed by atoms with Crippen LogP contribution in [-0.2, 0) is 25.6 Å². The van der Waals surface area contributed by atoms with Crippen molar-refractivity contribution in [1.82, 2.24) is 20.5 Å². The van der Waals surface area contributed by atoms with Crippen LogP contribution in [0.25, 0.3) is 0 Å². The van der Waals surface area contributed by atoms with Gasteiger partial charge in [0.05, 0.1) is 6.04 Å². The first-order valence-corrected chi connectivity index (χ1v) is 14.3. The molecule has 1 saturated heterocycles. The van der Waals surface area contributed by atoms with Gasteiger partial charge in [-0.2, -0.15) is 0 Å². The zero-order chi connectivity index (χ0) is 29.6. The number of aromatic nitrogens is 1. The number of benzene rings is 1. The van der Waals surface area contributed by atoms with E-state index in [-0.39, 0.29) is 36.3 Å². The molecule has 2 fully saturated rings. The van der Waals surface area contributed by atoms with E-state index in [0.29, 0.717) is 25.8 Å². The van der Waals surface area contributed by atoms with Crippen LogP contribution in [0.3, 0.4) is 0 Å². The predicted octanol–water partition coefficient (Wildman–Crippen LogP) is 1.14. The topological polar surface area (TPSA) is 159 Å². The third-order valence-corrected chi connectivity index (χ3v) is 8.19. The third-order valence-electron chi connectivity index (χ3n) is 7.67. The molecule has 0 bridgehead atoms.